The number of hydrogen-bond donors (Lipinski definition) is 1. The van der Waals surface area contributed by atoms with Gasteiger partial charge in [-0.3, -0.25) is 9.78 Å². The van der Waals surface area contributed by atoms with Gasteiger partial charge in [0.15, 0.2) is 5.78 Å². The van der Waals surface area contributed by atoms with Gasteiger partial charge in [0.05, 0.1) is 0 Å². The predicted octanol–water partition coefficient (Wildman–Crippen LogP) is 12.6. The molecule has 0 saturated carbocycles. The molecule has 1 radical (unpaired) electrons. The number of ketones is 1. The van der Waals surface area contributed by atoms with Crippen molar-refractivity contribution in [3.05, 3.63) is 83.7 Å². The zero-order valence-corrected chi connectivity index (χ0v) is 33.6. The number of aliphatic hydroxyl groups excluding tert-OH is 1. The predicted molar refractivity (Wildman–Crippen MR) is 204 cm³/mol. The van der Waals surface area contributed by atoms with Gasteiger partial charge in [0.1, 0.15) is 16.9 Å². The van der Waals surface area contributed by atoms with Crippen LogP contribution in [0.4, 0.5) is 0 Å². The first-order valence-corrected chi connectivity index (χ1v) is 18.4. The van der Waals surface area contributed by atoms with Crippen LogP contribution in [0.15, 0.2) is 72.1 Å². The van der Waals surface area contributed by atoms with Crippen LogP contribution in [0.1, 0.15) is 93.6 Å². The van der Waals surface area contributed by atoms with Crippen LogP contribution in [0.2, 0.25) is 0 Å². The maximum Gasteiger partial charge on any atom is 0.164 e. The summed E-state index contributed by atoms with van der Waals surface area (Å²) in [6.07, 6.45) is 6.44. The molecule has 0 aliphatic rings. The Bertz CT molecular complexity index is 2090. The van der Waals surface area contributed by atoms with Crippen molar-refractivity contribution in [3.8, 4) is 11.3 Å². The molecular formula is C41H47IrN2O2S2-. The first kappa shape index (κ1) is 37.9. The summed E-state index contributed by atoms with van der Waals surface area (Å²) in [5, 5.41) is 18.3. The number of nitrogens with zero attached hydrogens (tertiary/aromatic N) is 2. The van der Waals surface area contributed by atoms with Gasteiger partial charge in [-0.05, 0) is 65.4 Å². The minimum absolute atomic E-state index is 0. The topological polar surface area (TPSA) is 63.1 Å². The maximum atomic E-state index is 12.2. The van der Waals surface area contributed by atoms with E-state index in [1.54, 1.807) is 29.0 Å². The summed E-state index contributed by atoms with van der Waals surface area (Å²) in [4.78, 5) is 22.6. The Labute approximate surface area is 307 Å². The molecule has 0 spiro atoms. The van der Waals surface area contributed by atoms with E-state index in [1.165, 1.54) is 37.2 Å². The Kier molecular flexibility index (Phi) is 11.7. The first-order valence-electron chi connectivity index (χ1n) is 16.7. The molecule has 3 heterocycles. The first-order chi connectivity index (χ1) is 22.3. The number of aromatic nitrogens is 2. The van der Waals surface area contributed by atoms with Gasteiger partial charge in [-0.2, -0.15) is 0 Å². The summed E-state index contributed by atoms with van der Waals surface area (Å²) in [7, 11) is 0. The largest absolute Gasteiger partial charge is 0.512 e. The van der Waals surface area contributed by atoms with Crippen molar-refractivity contribution in [3.63, 3.8) is 0 Å². The van der Waals surface area contributed by atoms with Crippen LogP contribution in [0.5, 0.6) is 0 Å². The zero-order chi connectivity index (χ0) is 34.1. The van der Waals surface area contributed by atoms with E-state index in [0.29, 0.717) is 0 Å². The van der Waals surface area contributed by atoms with Crippen LogP contribution in [-0.2, 0) is 30.3 Å². The summed E-state index contributed by atoms with van der Waals surface area (Å²) in [5.41, 5.74) is 2.75. The number of allylic oxidation sites excluding steroid dienone is 2. The third kappa shape index (κ3) is 7.31. The minimum Gasteiger partial charge on any atom is -0.512 e. The fourth-order valence-electron chi connectivity index (χ4n) is 5.93. The van der Waals surface area contributed by atoms with Crippen molar-refractivity contribution < 1.29 is 30.0 Å². The second-order valence-corrected chi connectivity index (χ2v) is 16.1. The van der Waals surface area contributed by atoms with Crippen molar-refractivity contribution in [1.29, 1.82) is 0 Å². The van der Waals surface area contributed by atoms with Crippen LogP contribution in [0.25, 0.3) is 52.4 Å². The number of aliphatic hydroxyl groups is 1. The molecule has 255 valence electrons. The second kappa shape index (κ2) is 14.9. The number of hydrogen-bond acceptors (Lipinski definition) is 6. The van der Waals surface area contributed by atoms with Gasteiger partial charge < -0.3 is 5.11 Å². The van der Waals surface area contributed by atoms with Crippen LogP contribution < -0.4 is 0 Å². The van der Waals surface area contributed by atoms with Crippen LogP contribution >= 0.6 is 22.7 Å². The summed E-state index contributed by atoms with van der Waals surface area (Å²) in [6, 6.07) is 21.2. The van der Waals surface area contributed by atoms with Crippen molar-refractivity contribution in [1.82, 2.24) is 9.97 Å². The minimum atomic E-state index is -0.337. The fraction of sp³-hybridized carbons (Fsp3) is 0.390. The SMILES string of the molecule is CC(C)(C)c1cc(-c2ncnc3sc4cc5sccc5cc4c23)[c-]c2ccccc12.CCC(C)(CC)C(=O)/C=C(\O)C(C)(CC)CC.[Ir]. The summed E-state index contributed by atoms with van der Waals surface area (Å²) >= 11 is 3.53. The number of carbonyl (C=O) groups excluding carboxylic acids is 1. The molecule has 6 aromatic rings. The Morgan fingerprint density at radius 3 is 2.17 bits per heavy atom. The number of rotatable bonds is 8. The molecule has 4 nitrogen and oxygen atoms in total. The Hall–Kier alpha value is -2.96. The van der Waals surface area contributed by atoms with E-state index in [0.717, 1.165) is 52.5 Å². The number of thiophene rings is 2. The van der Waals surface area contributed by atoms with Crippen molar-refractivity contribution >= 4 is 69.6 Å². The fourth-order valence-corrected chi connectivity index (χ4v) is 7.88. The van der Waals surface area contributed by atoms with Crippen molar-refractivity contribution in [2.75, 3.05) is 0 Å². The van der Waals surface area contributed by atoms with Crippen LogP contribution in [-0.4, -0.2) is 20.9 Å². The van der Waals surface area contributed by atoms with E-state index >= 15 is 0 Å². The van der Waals surface area contributed by atoms with E-state index in [1.807, 2.05) is 41.5 Å². The molecule has 0 atom stereocenters. The van der Waals surface area contributed by atoms with E-state index in [4.69, 9.17) is 4.98 Å². The molecular weight excluding hydrogens is 809 g/mol. The molecule has 0 bridgehead atoms. The summed E-state index contributed by atoms with van der Waals surface area (Å²) < 4.78 is 2.58. The summed E-state index contributed by atoms with van der Waals surface area (Å²) in [6.45, 7) is 18.9. The normalized spacial score (nSPS) is 12.7. The molecule has 3 aromatic heterocycles. The van der Waals surface area contributed by atoms with Gasteiger partial charge in [-0.25, -0.2) is 4.98 Å². The molecule has 3 aromatic carbocycles. The number of benzene rings is 3. The molecule has 0 aliphatic heterocycles. The van der Waals surface area contributed by atoms with Gasteiger partial charge in [-0.1, -0.05) is 91.5 Å². The van der Waals surface area contributed by atoms with Gasteiger partial charge >= 0.3 is 0 Å². The van der Waals surface area contributed by atoms with E-state index in [-0.39, 0.29) is 47.9 Å². The van der Waals surface area contributed by atoms with Crippen LogP contribution in [0.3, 0.4) is 0 Å². The molecule has 0 aliphatic carbocycles. The Morgan fingerprint density at radius 1 is 0.854 bits per heavy atom. The van der Waals surface area contributed by atoms with Crippen LogP contribution in [0, 0.1) is 16.9 Å². The Balaban J connectivity index is 0.000000251. The molecule has 7 heteroatoms. The molecule has 6 rings (SSSR count). The van der Waals surface area contributed by atoms with E-state index < -0.39 is 0 Å². The van der Waals surface area contributed by atoms with E-state index in [2.05, 4.69) is 85.7 Å². The quantitative estimate of drug-likeness (QED) is 0.0941. The average Bonchev–Trinajstić information content (AvgIpc) is 3.69. The number of carbonyl (C=O) groups is 1. The standard InChI is InChI=1S/C26H19N2S2.C15H28O2.Ir/c1-26(2,3)20-12-17(10-15-6-4-5-7-18(15)20)24-23-19-11-16-8-9-29-21(16)13-22(19)30-25(23)28-14-27-24;1-7-14(5,8-2)12(16)11-13(17)15(6,9-3)10-4;/h4-9,11-14H,1-3H3;11,16H,7-10H2,1-6H3;/q-1;;/b;12-11-;. The zero-order valence-electron chi connectivity index (χ0n) is 29.6. The molecule has 0 saturated heterocycles. The summed E-state index contributed by atoms with van der Waals surface area (Å²) in [5.74, 6) is 0.286. The molecule has 1 N–H and O–H groups in total. The van der Waals surface area contributed by atoms with Gasteiger partial charge in [0, 0.05) is 57.5 Å². The van der Waals surface area contributed by atoms with Crippen molar-refractivity contribution in [2.45, 2.75) is 93.4 Å². The van der Waals surface area contributed by atoms with Gasteiger partial charge in [-0.15, -0.1) is 51.8 Å². The maximum absolute atomic E-state index is 12.2. The van der Waals surface area contributed by atoms with Gasteiger partial charge in [0.2, 0.25) is 0 Å². The third-order valence-electron chi connectivity index (χ3n) is 10.3. The third-order valence-corrected chi connectivity index (χ3v) is 12.2. The number of fused-ring (bicyclic) bond motifs is 5. The van der Waals surface area contributed by atoms with Gasteiger partial charge in [0.25, 0.3) is 0 Å². The monoisotopic (exact) mass is 856 g/mol. The van der Waals surface area contributed by atoms with Crippen molar-refractivity contribution in [2.24, 2.45) is 10.8 Å². The second-order valence-electron chi connectivity index (χ2n) is 14.1. The van der Waals surface area contributed by atoms with E-state index in [9.17, 15) is 9.90 Å². The molecule has 0 unspecified atom stereocenters. The molecule has 48 heavy (non-hydrogen) atoms. The molecule has 0 fully saturated rings. The smallest absolute Gasteiger partial charge is 0.164 e. The molecule has 0 amide bonds. The Morgan fingerprint density at radius 2 is 1.52 bits per heavy atom. The average molecular weight is 856 g/mol.